The van der Waals surface area contributed by atoms with E-state index < -0.39 is 0 Å². The molecule has 4 heteroatoms. The third-order valence-corrected chi connectivity index (χ3v) is 2.50. The van der Waals surface area contributed by atoms with Gasteiger partial charge in [-0.1, -0.05) is 13.3 Å². The van der Waals surface area contributed by atoms with Gasteiger partial charge >= 0.3 is 5.97 Å². The zero-order valence-electron chi connectivity index (χ0n) is 9.54. The molecule has 1 aliphatic heterocycles. The van der Waals surface area contributed by atoms with Crippen molar-refractivity contribution in [3.05, 3.63) is 0 Å². The predicted octanol–water partition coefficient (Wildman–Crippen LogP) is 1.05. The standard InChI is InChI=1S/C11H21NO3/c1-2-3-8-15-11(13)4-5-12-6-9-14-10-7-12/h2-10H2,1H3. The lowest BCUT2D eigenvalue weighted by molar-refractivity contribution is -0.144. The molecule has 15 heavy (non-hydrogen) atoms. The number of hydrogen-bond acceptors (Lipinski definition) is 4. The summed E-state index contributed by atoms with van der Waals surface area (Å²) in [6.45, 7) is 6.88. The number of rotatable bonds is 6. The summed E-state index contributed by atoms with van der Waals surface area (Å²) in [6, 6.07) is 0. The Labute approximate surface area is 91.5 Å². The quantitative estimate of drug-likeness (QED) is 0.490. The molecule has 1 heterocycles. The monoisotopic (exact) mass is 215 g/mol. The van der Waals surface area contributed by atoms with Crippen LogP contribution in [0.25, 0.3) is 0 Å². The Hall–Kier alpha value is -0.610. The summed E-state index contributed by atoms with van der Waals surface area (Å²) in [5, 5.41) is 0. The fourth-order valence-corrected chi connectivity index (χ4v) is 1.48. The fraction of sp³-hybridized carbons (Fsp3) is 0.909. The second-order valence-corrected chi connectivity index (χ2v) is 3.78. The molecule has 0 aromatic rings. The van der Waals surface area contributed by atoms with Gasteiger partial charge < -0.3 is 9.47 Å². The first-order valence-corrected chi connectivity index (χ1v) is 5.78. The molecule has 0 saturated carbocycles. The van der Waals surface area contributed by atoms with Gasteiger partial charge in [-0.2, -0.15) is 0 Å². The van der Waals surface area contributed by atoms with E-state index in [1.165, 1.54) is 0 Å². The van der Waals surface area contributed by atoms with Gasteiger partial charge in [-0.05, 0) is 6.42 Å². The molecular weight excluding hydrogens is 194 g/mol. The number of ether oxygens (including phenoxy) is 2. The molecule has 1 rings (SSSR count). The van der Waals surface area contributed by atoms with Crippen LogP contribution in [0.1, 0.15) is 26.2 Å². The first-order chi connectivity index (χ1) is 7.33. The second kappa shape index (κ2) is 7.65. The zero-order chi connectivity index (χ0) is 10.9. The lowest BCUT2D eigenvalue weighted by atomic mass is 10.3. The largest absolute Gasteiger partial charge is 0.466 e. The number of hydrogen-bond donors (Lipinski definition) is 0. The van der Waals surface area contributed by atoms with Crippen molar-refractivity contribution in [3.8, 4) is 0 Å². The number of morpholine rings is 1. The van der Waals surface area contributed by atoms with Crippen LogP contribution in [0.2, 0.25) is 0 Å². The average molecular weight is 215 g/mol. The first kappa shape index (κ1) is 12.5. The number of esters is 1. The van der Waals surface area contributed by atoms with E-state index in [1.807, 2.05) is 0 Å². The lowest BCUT2D eigenvalue weighted by Gasteiger charge is -2.25. The molecule has 0 aromatic heterocycles. The van der Waals surface area contributed by atoms with Crippen molar-refractivity contribution in [1.82, 2.24) is 4.90 Å². The van der Waals surface area contributed by atoms with Gasteiger partial charge in [0.2, 0.25) is 0 Å². The van der Waals surface area contributed by atoms with Gasteiger partial charge in [0.25, 0.3) is 0 Å². The maximum Gasteiger partial charge on any atom is 0.307 e. The van der Waals surface area contributed by atoms with E-state index in [1.54, 1.807) is 0 Å². The van der Waals surface area contributed by atoms with Gasteiger partial charge in [0.05, 0.1) is 26.2 Å². The second-order valence-electron chi connectivity index (χ2n) is 3.78. The number of unbranched alkanes of at least 4 members (excludes halogenated alkanes) is 1. The van der Waals surface area contributed by atoms with Gasteiger partial charge in [-0.3, -0.25) is 9.69 Å². The smallest absolute Gasteiger partial charge is 0.307 e. The molecule has 0 N–H and O–H groups in total. The molecule has 1 aliphatic rings. The van der Waals surface area contributed by atoms with Gasteiger partial charge in [0.15, 0.2) is 0 Å². The van der Waals surface area contributed by atoms with Crippen molar-refractivity contribution in [3.63, 3.8) is 0 Å². The van der Waals surface area contributed by atoms with E-state index >= 15 is 0 Å². The Kier molecular flexibility index (Phi) is 6.36. The molecule has 0 amide bonds. The highest BCUT2D eigenvalue weighted by Gasteiger charge is 2.12. The highest BCUT2D eigenvalue weighted by atomic mass is 16.5. The number of carbonyl (C=O) groups excluding carboxylic acids is 1. The average Bonchev–Trinajstić information content (AvgIpc) is 2.28. The highest BCUT2D eigenvalue weighted by Crippen LogP contribution is 1.99. The topological polar surface area (TPSA) is 38.8 Å². The van der Waals surface area contributed by atoms with Crippen LogP contribution in [0.15, 0.2) is 0 Å². The highest BCUT2D eigenvalue weighted by molar-refractivity contribution is 5.69. The minimum Gasteiger partial charge on any atom is -0.466 e. The van der Waals surface area contributed by atoms with E-state index in [4.69, 9.17) is 9.47 Å². The van der Waals surface area contributed by atoms with Crippen molar-refractivity contribution in [2.45, 2.75) is 26.2 Å². The normalized spacial score (nSPS) is 17.7. The molecule has 0 atom stereocenters. The Balaban J connectivity index is 2.00. The molecule has 0 aliphatic carbocycles. The molecule has 4 nitrogen and oxygen atoms in total. The van der Waals surface area contributed by atoms with E-state index in [2.05, 4.69) is 11.8 Å². The third kappa shape index (κ3) is 5.74. The van der Waals surface area contributed by atoms with Crippen molar-refractivity contribution < 1.29 is 14.3 Å². The molecule has 0 unspecified atom stereocenters. The van der Waals surface area contributed by atoms with Gasteiger partial charge in [0, 0.05) is 19.6 Å². The van der Waals surface area contributed by atoms with Gasteiger partial charge in [0.1, 0.15) is 0 Å². The molecule has 0 bridgehead atoms. The first-order valence-electron chi connectivity index (χ1n) is 5.78. The summed E-state index contributed by atoms with van der Waals surface area (Å²) in [6.07, 6.45) is 2.53. The third-order valence-electron chi connectivity index (χ3n) is 2.50. The molecule has 1 fully saturated rings. The summed E-state index contributed by atoms with van der Waals surface area (Å²) < 4.78 is 10.3. The van der Waals surface area contributed by atoms with Gasteiger partial charge in [-0.15, -0.1) is 0 Å². The molecule has 0 radical (unpaired) electrons. The van der Waals surface area contributed by atoms with E-state index in [0.717, 1.165) is 45.7 Å². The van der Waals surface area contributed by atoms with Crippen molar-refractivity contribution in [2.24, 2.45) is 0 Å². The Morgan fingerprint density at radius 3 is 2.80 bits per heavy atom. The van der Waals surface area contributed by atoms with E-state index in [-0.39, 0.29) is 5.97 Å². The van der Waals surface area contributed by atoms with Crippen LogP contribution in [-0.4, -0.2) is 50.3 Å². The van der Waals surface area contributed by atoms with Crippen molar-refractivity contribution in [1.29, 1.82) is 0 Å². The summed E-state index contributed by atoms with van der Waals surface area (Å²) in [7, 11) is 0. The van der Waals surface area contributed by atoms with Crippen LogP contribution in [0.3, 0.4) is 0 Å². The summed E-state index contributed by atoms with van der Waals surface area (Å²) in [5.41, 5.74) is 0. The Morgan fingerprint density at radius 1 is 1.40 bits per heavy atom. The maximum absolute atomic E-state index is 11.3. The van der Waals surface area contributed by atoms with Gasteiger partial charge in [-0.25, -0.2) is 0 Å². The van der Waals surface area contributed by atoms with Crippen LogP contribution >= 0.6 is 0 Å². The summed E-state index contributed by atoms with van der Waals surface area (Å²) >= 11 is 0. The minimum absolute atomic E-state index is 0.0741. The van der Waals surface area contributed by atoms with Crippen LogP contribution in [0.4, 0.5) is 0 Å². The zero-order valence-corrected chi connectivity index (χ0v) is 9.54. The molecule has 1 saturated heterocycles. The number of nitrogens with zero attached hydrogens (tertiary/aromatic N) is 1. The van der Waals surface area contributed by atoms with Crippen LogP contribution in [0.5, 0.6) is 0 Å². The van der Waals surface area contributed by atoms with Crippen LogP contribution < -0.4 is 0 Å². The van der Waals surface area contributed by atoms with E-state index in [9.17, 15) is 4.79 Å². The molecule has 88 valence electrons. The Morgan fingerprint density at radius 2 is 2.13 bits per heavy atom. The molecule has 0 spiro atoms. The van der Waals surface area contributed by atoms with Crippen molar-refractivity contribution in [2.75, 3.05) is 39.5 Å². The summed E-state index contributed by atoms with van der Waals surface area (Å²) in [4.78, 5) is 13.5. The molecular formula is C11H21NO3. The lowest BCUT2D eigenvalue weighted by Crippen LogP contribution is -2.37. The minimum atomic E-state index is -0.0741. The number of carbonyl (C=O) groups is 1. The Bertz CT molecular complexity index is 179. The summed E-state index contributed by atoms with van der Waals surface area (Å²) in [5.74, 6) is -0.0741. The SMILES string of the molecule is CCCCOC(=O)CCN1CCOCC1. The van der Waals surface area contributed by atoms with Crippen LogP contribution in [-0.2, 0) is 14.3 Å². The van der Waals surface area contributed by atoms with Crippen molar-refractivity contribution >= 4 is 5.97 Å². The maximum atomic E-state index is 11.3. The molecule has 0 aromatic carbocycles. The predicted molar refractivity (Wildman–Crippen MR) is 57.7 cm³/mol. The van der Waals surface area contributed by atoms with Crippen LogP contribution in [0, 0.1) is 0 Å². The fourth-order valence-electron chi connectivity index (χ4n) is 1.48. The van der Waals surface area contributed by atoms with E-state index in [0.29, 0.717) is 13.0 Å².